The van der Waals surface area contributed by atoms with Crippen LogP contribution in [0.15, 0.2) is 42.2 Å². The molecule has 3 atom stereocenters. The van der Waals surface area contributed by atoms with E-state index < -0.39 is 21.9 Å². The van der Waals surface area contributed by atoms with Gasteiger partial charge in [0.2, 0.25) is 10.0 Å². The van der Waals surface area contributed by atoms with Crippen LogP contribution in [0, 0.1) is 5.82 Å². The second kappa shape index (κ2) is 9.60. The van der Waals surface area contributed by atoms with Gasteiger partial charge in [0, 0.05) is 37.3 Å². The number of urea groups is 1. The lowest BCUT2D eigenvalue weighted by atomic mass is 10.1. The molecule has 1 fully saturated rings. The smallest absolute Gasteiger partial charge is 0.320 e. The zero-order chi connectivity index (χ0) is 23.6. The molecule has 8 nitrogen and oxygen atoms in total. The monoisotopic (exact) mass is 465 g/mol. The standard InChI is InChI=1S/C22H32FN5O3S/c1-5-32(30,31)26-12-16(3)27(17(4)13-26)14-18-9-7-10-19(21(18)23)25-20-11-6-8-15(2)28(20)22(24)29/h6-11,15-17,25H,5,12-14H2,1-4H3,(H2,24,29)/t15?,16-,17+. The molecule has 1 aromatic carbocycles. The van der Waals surface area contributed by atoms with Crippen LogP contribution < -0.4 is 11.1 Å². The fraction of sp³-hybridized carbons (Fsp3) is 0.500. The van der Waals surface area contributed by atoms with Gasteiger partial charge in [-0.1, -0.05) is 24.3 Å². The summed E-state index contributed by atoms with van der Waals surface area (Å²) in [5, 5.41) is 3.00. The number of nitrogens with zero attached hydrogens (tertiary/aromatic N) is 3. The van der Waals surface area contributed by atoms with E-state index >= 15 is 4.39 Å². The molecule has 0 spiro atoms. The van der Waals surface area contributed by atoms with Crippen molar-refractivity contribution in [3.63, 3.8) is 0 Å². The van der Waals surface area contributed by atoms with Crippen molar-refractivity contribution in [1.82, 2.24) is 14.1 Å². The van der Waals surface area contributed by atoms with E-state index in [2.05, 4.69) is 10.2 Å². The number of hydrogen-bond donors (Lipinski definition) is 2. The zero-order valence-corrected chi connectivity index (χ0v) is 19.8. The molecule has 0 aliphatic carbocycles. The summed E-state index contributed by atoms with van der Waals surface area (Å²) in [6.07, 6.45) is 5.29. The first-order valence-electron chi connectivity index (χ1n) is 10.8. The molecular formula is C22H32FN5O3S. The summed E-state index contributed by atoms with van der Waals surface area (Å²) in [4.78, 5) is 15.3. The molecular weight excluding hydrogens is 433 g/mol. The van der Waals surface area contributed by atoms with Crippen molar-refractivity contribution in [2.75, 3.05) is 24.2 Å². The predicted octanol–water partition coefficient (Wildman–Crippen LogP) is 2.66. The van der Waals surface area contributed by atoms with Crippen molar-refractivity contribution in [1.29, 1.82) is 0 Å². The van der Waals surface area contributed by atoms with Crippen LogP contribution in [0.4, 0.5) is 14.9 Å². The number of rotatable bonds is 6. The number of allylic oxidation sites excluding steroid dienone is 2. The average molecular weight is 466 g/mol. The van der Waals surface area contributed by atoms with Gasteiger partial charge in [0.05, 0.1) is 17.5 Å². The molecule has 1 aromatic rings. The molecule has 0 bridgehead atoms. The highest BCUT2D eigenvalue weighted by Gasteiger charge is 2.35. The summed E-state index contributed by atoms with van der Waals surface area (Å²) in [6.45, 7) is 8.48. The minimum atomic E-state index is -3.26. The van der Waals surface area contributed by atoms with E-state index in [9.17, 15) is 13.2 Å². The Labute approximate surface area is 189 Å². The number of halogens is 1. The summed E-state index contributed by atoms with van der Waals surface area (Å²) < 4.78 is 41.5. The Bertz CT molecular complexity index is 1010. The van der Waals surface area contributed by atoms with Crippen molar-refractivity contribution in [3.05, 3.63) is 53.6 Å². The van der Waals surface area contributed by atoms with Gasteiger partial charge in [-0.05, 0) is 39.8 Å². The molecule has 1 saturated heterocycles. The third kappa shape index (κ3) is 4.97. The van der Waals surface area contributed by atoms with E-state index in [1.807, 2.05) is 26.8 Å². The lowest BCUT2D eigenvalue weighted by Crippen LogP contribution is -2.57. The minimum Gasteiger partial charge on any atom is -0.351 e. The van der Waals surface area contributed by atoms with Crippen LogP contribution in [-0.2, 0) is 16.6 Å². The molecule has 2 aliphatic heterocycles. The van der Waals surface area contributed by atoms with Crippen molar-refractivity contribution in [2.24, 2.45) is 5.73 Å². The number of primary amides is 1. The van der Waals surface area contributed by atoms with Crippen LogP contribution in [0.3, 0.4) is 0 Å². The fourth-order valence-electron chi connectivity index (χ4n) is 4.28. The maximum absolute atomic E-state index is 15.4. The van der Waals surface area contributed by atoms with Crippen molar-refractivity contribution < 1.29 is 17.6 Å². The maximum Gasteiger partial charge on any atom is 0.320 e. The van der Waals surface area contributed by atoms with Crippen LogP contribution in [0.25, 0.3) is 0 Å². The SMILES string of the molecule is CCS(=O)(=O)N1C[C@@H](C)N(Cc2cccc(NC3=CC=CC(C)N3C(N)=O)c2F)[C@@H](C)C1. The second-order valence-electron chi connectivity index (χ2n) is 8.38. The Kier molecular flexibility index (Phi) is 7.26. The lowest BCUT2D eigenvalue weighted by molar-refractivity contribution is 0.0690. The first-order chi connectivity index (χ1) is 15.0. The van der Waals surface area contributed by atoms with Gasteiger partial charge in [-0.2, -0.15) is 4.31 Å². The second-order valence-corrected chi connectivity index (χ2v) is 10.6. The van der Waals surface area contributed by atoms with E-state index in [0.717, 1.165) is 0 Å². The number of hydrogen-bond acceptors (Lipinski definition) is 5. The number of benzene rings is 1. The van der Waals surface area contributed by atoms with Gasteiger partial charge in [-0.15, -0.1) is 0 Å². The normalized spacial score (nSPS) is 25.0. The number of piperazine rings is 1. The summed E-state index contributed by atoms with van der Waals surface area (Å²) >= 11 is 0. The molecule has 3 N–H and O–H groups in total. The van der Waals surface area contributed by atoms with E-state index in [4.69, 9.17) is 5.73 Å². The summed E-state index contributed by atoms with van der Waals surface area (Å²) in [5.74, 6) is 0.0625. The Morgan fingerprint density at radius 1 is 1.22 bits per heavy atom. The first kappa shape index (κ1) is 24.2. The first-order valence-corrected chi connectivity index (χ1v) is 12.4. The van der Waals surface area contributed by atoms with Crippen molar-refractivity contribution >= 4 is 21.7 Å². The highest BCUT2D eigenvalue weighted by Crippen LogP contribution is 2.27. The average Bonchev–Trinajstić information content (AvgIpc) is 2.72. The van der Waals surface area contributed by atoms with Crippen LogP contribution in [-0.4, -0.2) is 65.5 Å². The topological polar surface area (TPSA) is 99.0 Å². The Balaban J connectivity index is 1.78. The highest BCUT2D eigenvalue weighted by atomic mass is 32.2. The van der Waals surface area contributed by atoms with Gasteiger partial charge < -0.3 is 11.1 Å². The van der Waals surface area contributed by atoms with E-state index in [-0.39, 0.29) is 29.6 Å². The molecule has 2 amide bonds. The molecule has 0 aromatic heterocycles. The van der Waals surface area contributed by atoms with Crippen LogP contribution in [0.2, 0.25) is 0 Å². The van der Waals surface area contributed by atoms with Crippen molar-refractivity contribution in [2.45, 2.75) is 52.4 Å². The maximum atomic E-state index is 15.4. The van der Waals surface area contributed by atoms with Crippen molar-refractivity contribution in [3.8, 4) is 0 Å². The molecule has 32 heavy (non-hydrogen) atoms. The van der Waals surface area contributed by atoms with E-state index in [1.54, 1.807) is 37.3 Å². The quantitative estimate of drug-likeness (QED) is 0.673. The molecule has 10 heteroatoms. The summed E-state index contributed by atoms with van der Waals surface area (Å²) in [5.41, 5.74) is 6.24. The third-order valence-corrected chi connectivity index (χ3v) is 7.88. The zero-order valence-electron chi connectivity index (χ0n) is 19.0. The lowest BCUT2D eigenvalue weighted by Gasteiger charge is -2.43. The van der Waals surface area contributed by atoms with Gasteiger partial charge in [0.1, 0.15) is 5.82 Å². The van der Waals surface area contributed by atoms with Gasteiger partial charge in [0.15, 0.2) is 5.82 Å². The molecule has 0 radical (unpaired) electrons. The number of nitrogens with one attached hydrogen (secondary N) is 1. The Morgan fingerprint density at radius 3 is 2.47 bits per heavy atom. The third-order valence-electron chi connectivity index (χ3n) is 6.07. The number of nitrogens with two attached hydrogens (primary N) is 1. The largest absolute Gasteiger partial charge is 0.351 e. The number of carbonyl (C=O) groups excluding carboxylic acids is 1. The number of amides is 2. The number of sulfonamides is 1. The summed E-state index contributed by atoms with van der Waals surface area (Å²) in [6, 6.07) is 4.09. The Hall–Kier alpha value is -2.43. The van der Waals surface area contributed by atoms with Crippen LogP contribution >= 0.6 is 0 Å². The summed E-state index contributed by atoms with van der Waals surface area (Å²) in [7, 11) is -3.26. The Morgan fingerprint density at radius 2 is 1.88 bits per heavy atom. The van der Waals surface area contributed by atoms with Crippen LogP contribution in [0.5, 0.6) is 0 Å². The number of anilines is 1. The van der Waals surface area contributed by atoms with Gasteiger partial charge in [-0.3, -0.25) is 9.80 Å². The minimum absolute atomic E-state index is 0.0616. The van der Waals surface area contributed by atoms with E-state index in [1.165, 1.54) is 9.21 Å². The molecule has 176 valence electrons. The number of carbonyl (C=O) groups is 1. The molecule has 1 unspecified atom stereocenters. The van der Waals surface area contributed by atoms with Gasteiger partial charge in [0.25, 0.3) is 0 Å². The predicted molar refractivity (Wildman–Crippen MR) is 124 cm³/mol. The van der Waals surface area contributed by atoms with Crippen LogP contribution in [0.1, 0.15) is 33.3 Å². The van der Waals surface area contributed by atoms with E-state index in [0.29, 0.717) is 31.0 Å². The molecule has 2 heterocycles. The van der Waals surface area contributed by atoms with Gasteiger partial charge in [-0.25, -0.2) is 17.6 Å². The highest BCUT2D eigenvalue weighted by molar-refractivity contribution is 7.89. The molecule has 2 aliphatic rings. The fourth-order valence-corrected chi connectivity index (χ4v) is 5.53. The molecule has 0 saturated carbocycles. The molecule has 3 rings (SSSR count). The van der Waals surface area contributed by atoms with Gasteiger partial charge >= 0.3 is 6.03 Å².